The second kappa shape index (κ2) is 8.88. The summed E-state index contributed by atoms with van der Waals surface area (Å²) in [7, 11) is 0. The highest BCUT2D eigenvalue weighted by Gasteiger charge is 2.26. The van der Waals surface area contributed by atoms with E-state index in [9.17, 15) is 9.59 Å². The number of nitrogens with zero attached hydrogens (tertiary/aromatic N) is 1. The third-order valence-electron chi connectivity index (χ3n) is 4.95. The molecular formula is C20H29N3O2. The number of anilines is 1. The number of carbonyl (C=O) groups is 2. The van der Waals surface area contributed by atoms with Crippen LogP contribution in [0.3, 0.4) is 0 Å². The molecule has 0 unspecified atom stereocenters. The second-order valence-corrected chi connectivity index (χ2v) is 7.17. The Morgan fingerprint density at radius 2 is 1.64 bits per heavy atom. The van der Waals surface area contributed by atoms with Crippen LogP contribution < -0.4 is 15.5 Å². The number of carbonyl (C=O) groups excluding carboxylic acids is 2. The fraction of sp³-hybridized carbons (Fsp3) is 0.600. The number of aryl methyl sites for hydroxylation is 1. The topological polar surface area (TPSA) is 61.4 Å². The first-order chi connectivity index (χ1) is 12.2. The van der Waals surface area contributed by atoms with Crippen molar-refractivity contribution in [1.82, 2.24) is 10.6 Å². The summed E-state index contributed by atoms with van der Waals surface area (Å²) < 4.78 is 0. The van der Waals surface area contributed by atoms with E-state index in [-0.39, 0.29) is 6.04 Å². The molecule has 2 aliphatic rings. The van der Waals surface area contributed by atoms with Crippen LogP contribution in [-0.4, -0.2) is 37.5 Å². The molecule has 1 aliphatic carbocycles. The van der Waals surface area contributed by atoms with Gasteiger partial charge in [-0.1, -0.05) is 25.0 Å². The zero-order valence-electron chi connectivity index (χ0n) is 14.9. The molecule has 1 saturated heterocycles. The Balaban J connectivity index is 1.36. The summed E-state index contributed by atoms with van der Waals surface area (Å²) in [6, 6.07) is 9.01. The first-order valence-electron chi connectivity index (χ1n) is 9.65. The van der Waals surface area contributed by atoms with E-state index < -0.39 is 11.8 Å². The lowest BCUT2D eigenvalue weighted by atomic mass is 10.1. The molecule has 25 heavy (non-hydrogen) atoms. The quantitative estimate of drug-likeness (QED) is 0.616. The van der Waals surface area contributed by atoms with E-state index in [1.165, 1.54) is 36.9 Å². The summed E-state index contributed by atoms with van der Waals surface area (Å²) in [4.78, 5) is 25.7. The molecule has 1 aromatic rings. The van der Waals surface area contributed by atoms with E-state index in [4.69, 9.17) is 0 Å². The molecule has 1 heterocycles. The standard InChI is InChI=1S/C20H29N3O2/c24-19(20(25)22-17-9-10-17)21-13-5-6-16-7-11-18(12-8-16)23-14-3-1-2-4-15-23/h7-8,11-12,17H,1-6,9-10,13-15H2,(H,21,24)(H,22,25). The van der Waals surface area contributed by atoms with Crippen molar-refractivity contribution < 1.29 is 9.59 Å². The molecule has 0 bridgehead atoms. The molecule has 2 fully saturated rings. The van der Waals surface area contributed by atoms with Gasteiger partial charge in [0.1, 0.15) is 0 Å². The summed E-state index contributed by atoms with van der Waals surface area (Å²) in [5.74, 6) is -1.01. The van der Waals surface area contributed by atoms with Crippen molar-refractivity contribution in [2.45, 2.75) is 57.4 Å². The number of nitrogens with one attached hydrogen (secondary N) is 2. The molecule has 1 aromatic carbocycles. The van der Waals surface area contributed by atoms with E-state index in [0.29, 0.717) is 6.54 Å². The third kappa shape index (κ3) is 5.76. The van der Waals surface area contributed by atoms with Gasteiger partial charge in [0.2, 0.25) is 0 Å². The average Bonchev–Trinajstić information content (AvgIpc) is 3.46. The highest BCUT2D eigenvalue weighted by Crippen LogP contribution is 2.20. The maximum absolute atomic E-state index is 11.6. The monoisotopic (exact) mass is 343 g/mol. The van der Waals surface area contributed by atoms with Crippen LogP contribution in [0.1, 0.15) is 50.5 Å². The van der Waals surface area contributed by atoms with Crippen LogP contribution in [0.2, 0.25) is 0 Å². The Bertz CT molecular complexity index is 573. The highest BCUT2D eigenvalue weighted by atomic mass is 16.2. The second-order valence-electron chi connectivity index (χ2n) is 7.17. The largest absolute Gasteiger partial charge is 0.372 e. The van der Waals surface area contributed by atoms with Gasteiger partial charge in [-0.25, -0.2) is 0 Å². The highest BCUT2D eigenvalue weighted by molar-refractivity contribution is 6.35. The zero-order chi connectivity index (χ0) is 17.5. The van der Waals surface area contributed by atoms with Crippen molar-refractivity contribution in [3.63, 3.8) is 0 Å². The van der Waals surface area contributed by atoms with Gasteiger partial charge in [0, 0.05) is 31.4 Å². The summed E-state index contributed by atoms with van der Waals surface area (Å²) in [5.41, 5.74) is 2.59. The molecule has 2 N–H and O–H groups in total. The average molecular weight is 343 g/mol. The number of benzene rings is 1. The van der Waals surface area contributed by atoms with E-state index in [0.717, 1.165) is 38.8 Å². The number of amides is 2. The normalized spacial score (nSPS) is 17.7. The lowest BCUT2D eigenvalue weighted by Gasteiger charge is -2.22. The van der Waals surface area contributed by atoms with Gasteiger partial charge in [-0.3, -0.25) is 9.59 Å². The van der Waals surface area contributed by atoms with Gasteiger partial charge in [-0.2, -0.15) is 0 Å². The lowest BCUT2D eigenvalue weighted by Crippen LogP contribution is -2.41. The molecule has 5 nitrogen and oxygen atoms in total. The molecule has 2 amide bonds. The van der Waals surface area contributed by atoms with Crippen molar-refractivity contribution in [2.75, 3.05) is 24.5 Å². The van der Waals surface area contributed by atoms with Crippen LogP contribution in [0.5, 0.6) is 0 Å². The number of hydrogen-bond acceptors (Lipinski definition) is 3. The zero-order valence-corrected chi connectivity index (χ0v) is 14.9. The van der Waals surface area contributed by atoms with Crippen molar-refractivity contribution in [3.05, 3.63) is 29.8 Å². The first-order valence-corrected chi connectivity index (χ1v) is 9.65. The lowest BCUT2D eigenvalue weighted by molar-refractivity contribution is -0.139. The Morgan fingerprint density at radius 3 is 2.28 bits per heavy atom. The molecular weight excluding hydrogens is 314 g/mol. The first kappa shape index (κ1) is 17.8. The third-order valence-corrected chi connectivity index (χ3v) is 4.95. The minimum absolute atomic E-state index is 0.223. The minimum atomic E-state index is -0.511. The van der Waals surface area contributed by atoms with Crippen molar-refractivity contribution in [3.8, 4) is 0 Å². The molecule has 0 radical (unpaired) electrons. The van der Waals surface area contributed by atoms with Gasteiger partial charge in [0.15, 0.2) is 0 Å². The van der Waals surface area contributed by atoms with E-state index in [1.807, 2.05) is 0 Å². The minimum Gasteiger partial charge on any atom is -0.372 e. The van der Waals surface area contributed by atoms with E-state index in [2.05, 4.69) is 39.8 Å². The summed E-state index contributed by atoms with van der Waals surface area (Å²) in [6.45, 7) is 2.85. The molecule has 5 heteroatoms. The summed E-state index contributed by atoms with van der Waals surface area (Å²) in [5, 5.41) is 5.40. The predicted octanol–water partition coefficient (Wildman–Crippen LogP) is 2.39. The summed E-state index contributed by atoms with van der Waals surface area (Å²) >= 11 is 0. The maximum Gasteiger partial charge on any atom is 0.309 e. The molecule has 1 saturated carbocycles. The Labute approximate surface area is 150 Å². The SMILES string of the molecule is O=C(NCCCc1ccc(N2CCCCCC2)cc1)C(=O)NC1CC1. The molecule has 0 spiro atoms. The smallest absolute Gasteiger partial charge is 0.309 e. The van der Waals surface area contributed by atoms with Gasteiger partial charge < -0.3 is 15.5 Å². The van der Waals surface area contributed by atoms with Gasteiger partial charge in [-0.05, 0) is 56.2 Å². The van der Waals surface area contributed by atoms with Crippen LogP contribution in [0.4, 0.5) is 5.69 Å². The summed E-state index contributed by atoms with van der Waals surface area (Å²) in [6.07, 6.45) is 9.00. The molecule has 1 aliphatic heterocycles. The molecule has 0 atom stereocenters. The Morgan fingerprint density at radius 1 is 0.960 bits per heavy atom. The fourth-order valence-corrected chi connectivity index (χ4v) is 3.26. The van der Waals surface area contributed by atoms with Gasteiger partial charge in [-0.15, -0.1) is 0 Å². The van der Waals surface area contributed by atoms with Crippen molar-refractivity contribution >= 4 is 17.5 Å². The number of rotatable bonds is 6. The van der Waals surface area contributed by atoms with Crippen molar-refractivity contribution in [1.29, 1.82) is 0 Å². The predicted molar refractivity (Wildman–Crippen MR) is 99.6 cm³/mol. The van der Waals surface area contributed by atoms with E-state index >= 15 is 0 Å². The van der Waals surface area contributed by atoms with Gasteiger partial charge in [0.05, 0.1) is 0 Å². The maximum atomic E-state index is 11.6. The van der Waals surface area contributed by atoms with Crippen LogP contribution in [0.15, 0.2) is 24.3 Å². The van der Waals surface area contributed by atoms with Crippen LogP contribution in [-0.2, 0) is 16.0 Å². The molecule has 3 rings (SSSR count). The molecule has 136 valence electrons. The van der Waals surface area contributed by atoms with E-state index in [1.54, 1.807) is 0 Å². The van der Waals surface area contributed by atoms with Gasteiger partial charge in [0.25, 0.3) is 0 Å². The van der Waals surface area contributed by atoms with Crippen LogP contribution >= 0.6 is 0 Å². The van der Waals surface area contributed by atoms with Crippen LogP contribution in [0.25, 0.3) is 0 Å². The van der Waals surface area contributed by atoms with Crippen LogP contribution in [0, 0.1) is 0 Å². The fourth-order valence-electron chi connectivity index (χ4n) is 3.26. The van der Waals surface area contributed by atoms with Crippen molar-refractivity contribution in [2.24, 2.45) is 0 Å². The number of hydrogen-bond donors (Lipinski definition) is 2. The Hall–Kier alpha value is -2.04. The molecule has 0 aromatic heterocycles. The Kier molecular flexibility index (Phi) is 6.31. The van der Waals surface area contributed by atoms with Gasteiger partial charge >= 0.3 is 11.8 Å².